The lowest BCUT2D eigenvalue weighted by atomic mass is 10.2. The minimum atomic E-state index is -0.158. The number of rotatable bonds is 8. The molecule has 0 saturated carbocycles. The predicted molar refractivity (Wildman–Crippen MR) is 110 cm³/mol. The first-order valence-corrected chi connectivity index (χ1v) is 9.56. The van der Waals surface area contributed by atoms with Crippen LogP contribution in [0.5, 0.6) is 0 Å². The molecule has 0 saturated heterocycles. The molecule has 1 amide bonds. The van der Waals surface area contributed by atoms with E-state index in [1.165, 1.54) is 0 Å². The zero-order valence-electron chi connectivity index (χ0n) is 15.9. The summed E-state index contributed by atoms with van der Waals surface area (Å²) in [5.74, 6) is 0.609. The molecule has 0 fully saturated rings. The lowest BCUT2D eigenvalue weighted by molar-refractivity contribution is -0.117. The van der Waals surface area contributed by atoms with E-state index >= 15 is 0 Å². The number of hydrogen-bond donors (Lipinski definition) is 1. The zero-order valence-corrected chi connectivity index (χ0v) is 16.7. The summed E-state index contributed by atoms with van der Waals surface area (Å²) in [5, 5.41) is 20.4. The van der Waals surface area contributed by atoms with Gasteiger partial charge in [-0.1, -0.05) is 30.7 Å². The van der Waals surface area contributed by atoms with Gasteiger partial charge in [-0.15, -0.1) is 10.2 Å². The van der Waals surface area contributed by atoms with Crippen molar-refractivity contribution in [3.05, 3.63) is 65.0 Å². The van der Waals surface area contributed by atoms with Gasteiger partial charge in [0.05, 0.1) is 35.3 Å². The zero-order chi connectivity index (χ0) is 20.6. The van der Waals surface area contributed by atoms with Crippen LogP contribution in [0.15, 0.2) is 52.9 Å². The Morgan fingerprint density at radius 3 is 2.66 bits per heavy atom. The number of benzene rings is 2. The van der Waals surface area contributed by atoms with Gasteiger partial charge in [-0.05, 0) is 49.4 Å². The van der Waals surface area contributed by atoms with Crippen LogP contribution in [0.2, 0.25) is 5.02 Å². The highest BCUT2D eigenvalue weighted by molar-refractivity contribution is 6.33. The number of carbonyl (C=O) groups excluding carboxylic acids is 1. The molecule has 1 heterocycles. The molecule has 148 valence electrons. The van der Waals surface area contributed by atoms with Gasteiger partial charge in [0.25, 0.3) is 0 Å². The molecule has 0 aliphatic carbocycles. The highest BCUT2D eigenvalue weighted by atomic mass is 35.5. The maximum absolute atomic E-state index is 12.4. The van der Waals surface area contributed by atoms with Gasteiger partial charge in [0.15, 0.2) is 0 Å². The standard InChI is InChI=1S/C21H20ClN5O2/c1-2-11-27(13-19(28)24-16-9-7-15(12-23)8-10-16)14-20-25-26-21(29-20)17-5-3-4-6-18(17)22/h3-10H,2,11,13-14H2,1H3,(H,24,28). The average molecular weight is 410 g/mol. The largest absolute Gasteiger partial charge is 0.419 e. The summed E-state index contributed by atoms with van der Waals surface area (Å²) in [7, 11) is 0. The molecule has 0 aliphatic rings. The van der Waals surface area contributed by atoms with E-state index < -0.39 is 0 Å². The molecule has 0 atom stereocenters. The highest BCUT2D eigenvalue weighted by Gasteiger charge is 2.16. The minimum absolute atomic E-state index is 0.158. The Kier molecular flexibility index (Phi) is 6.95. The number of aromatic nitrogens is 2. The molecule has 3 rings (SSSR count). The minimum Gasteiger partial charge on any atom is -0.419 e. The van der Waals surface area contributed by atoms with Crippen molar-refractivity contribution < 1.29 is 9.21 Å². The molecule has 8 heteroatoms. The van der Waals surface area contributed by atoms with Crippen molar-refractivity contribution in [3.8, 4) is 17.5 Å². The molecule has 0 spiro atoms. The van der Waals surface area contributed by atoms with Crippen LogP contribution in [-0.2, 0) is 11.3 Å². The van der Waals surface area contributed by atoms with Crippen molar-refractivity contribution >= 4 is 23.2 Å². The Bertz CT molecular complexity index is 1010. The van der Waals surface area contributed by atoms with Crippen molar-refractivity contribution in [2.45, 2.75) is 19.9 Å². The van der Waals surface area contributed by atoms with Crippen molar-refractivity contribution in [2.75, 3.05) is 18.4 Å². The molecule has 0 unspecified atom stereocenters. The highest BCUT2D eigenvalue weighted by Crippen LogP contribution is 2.26. The number of anilines is 1. The lowest BCUT2D eigenvalue weighted by Crippen LogP contribution is -2.33. The molecular weight excluding hydrogens is 390 g/mol. The number of nitrogens with one attached hydrogen (secondary N) is 1. The SMILES string of the molecule is CCCN(CC(=O)Nc1ccc(C#N)cc1)Cc1nnc(-c2ccccc2Cl)o1. The van der Waals surface area contributed by atoms with Gasteiger partial charge in [-0.3, -0.25) is 9.69 Å². The molecule has 3 aromatic rings. The number of halogens is 1. The second kappa shape index (κ2) is 9.82. The van der Waals surface area contributed by atoms with Crippen LogP contribution < -0.4 is 5.32 Å². The molecule has 0 radical (unpaired) electrons. The van der Waals surface area contributed by atoms with Gasteiger partial charge >= 0.3 is 0 Å². The van der Waals surface area contributed by atoms with Crippen LogP contribution in [-0.4, -0.2) is 34.1 Å². The van der Waals surface area contributed by atoms with Crippen molar-refractivity contribution in [1.29, 1.82) is 5.26 Å². The van der Waals surface area contributed by atoms with Crippen LogP contribution in [0.4, 0.5) is 5.69 Å². The first-order chi connectivity index (χ1) is 14.1. The number of nitrogens with zero attached hydrogens (tertiary/aromatic N) is 4. The van der Waals surface area contributed by atoms with Crippen LogP contribution in [0, 0.1) is 11.3 Å². The number of hydrogen-bond acceptors (Lipinski definition) is 6. The normalized spacial score (nSPS) is 10.7. The fourth-order valence-electron chi connectivity index (χ4n) is 2.81. The van der Waals surface area contributed by atoms with Gasteiger partial charge in [0, 0.05) is 5.69 Å². The first kappa shape index (κ1) is 20.5. The Morgan fingerprint density at radius 2 is 1.97 bits per heavy atom. The van der Waals surface area contributed by atoms with Gasteiger partial charge in [0.1, 0.15) is 0 Å². The van der Waals surface area contributed by atoms with E-state index in [0.29, 0.717) is 46.7 Å². The van der Waals surface area contributed by atoms with Crippen LogP contribution in [0.25, 0.3) is 11.5 Å². The smallest absolute Gasteiger partial charge is 0.249 e. The van der Waals surface area contributed by atoms with Gasteiger partial charge in [-0.25, -0.2) is 0 Å². The van der Waals surface area contributed by atoms with E-state index in [0.717, 1.165) is 6.42 Å². The lowest BCUT2D eigenvalue weighted by Gasteiger charge is -2.19. The summed E-state index contributed by atoms with van der Waals surface area (Å²) in [6, 6.07) is 16.0. The Labute approximate surface area is 173 Å². The molecule has 0 bridgehead atoms. The molecule has 7 nitrogen and oxygen atoms in total. The molecule has 1 N–H and O–H groups in total. The van der Waals surface area contributed by atoms with Gasteiger partial charge in [0.2, 0.25) is 17.7 Å². The summed E-state index contributed by atoms with van der Waals surface area (Å²) in [6.45, 7) is 3.27. The van der Waals surface area contributed by atoms with E-state index in [4.69, 9.17) is 21.3 Å². The third-order valence-electron chi connectivity index (χ3n) is 4.13. The molecule has 29 heavy (non-hydrogen) atoms. The third-order valence-corrected chi connectivity index (χ3v) is 4.46. The fourth-order valence-corrected chi connectivity index (χ4v) is 3.03. The van der Waals surface area contributed by atoms with E-state index in [9.17, 15) is 4.79 Å². The topological polar surface area (TPSA) is 95.1 Å². The Morgan fingerprint density at radius 1 is 1.21 bits per heavy atom. The quantitative estimate of drug-likeness (QED) is 0.601. The average Bonchev–Trinajstić information content (AvgIpc) is 3.17. The van der Waals surface area contributed by atoms with Crippen molar-refractivity contribution in [2.24, 2.45) is 0 Å². The molecular formula is C21H20ClN5O2. The van der Waals surface area contributed by atoms with Gasteiger partial charge in [-0.2, -0.15) is 5.26 Å². The summed E-state index contributed by atoms with van der Waals surface area (Å²) in [6.07, 6.45) is 0.871. The Hall–Kier alpha value is -3.21. The first-order valence-electron chi connectivity index (χ1n) is 9.18. The number of carbonyl (C=O) groups is 1. The van der Waals surface area contributed by atoms with Crippen LogP contribution in [0.1, 0.15) is 24.8 Å². The fraction of sp³-hybridized carbons (Fsp3) is 0.238. The number of nitriles is 1. The summed E-state index contributed by atoms with van der Waals surface area (Å²) in [4.78, 5) is 14.3. The maximum Gasteiger partial charge on any atom is 0.249 e. The summed E-state index contributed by atoms with van der Waals surface area (Å²) in [5.41, 5.74) is 1.86. The van der Waals surface area contributed by atoms with E-state index in [2.05, 4.69) is 15.5 Å². The predicted octanol–water partition coefficient (Wildman–Crippen LogP) is 4.11. The number of amides is 1. The second-order valence-electron chi connectivity index (χ2n) is 6.43. The monoisotopic (exact) mass is 409 g/mol. The maximum atomic E-state index is 12.4. The van der Waals surface area contributed by atoms with Crippen LogP contribution >= 0.6 is 11.6 Å². The van der Waals surface area contributed by atoms with E-state index in [1.54, 1.807) is 30.3 Å². The second-order valence-corrected chi connectivity index (χ2v) is 6.84. The van der Waals surface area contributed by atoms with Gasteiger partial charge < -0.3 is 9.73 Å². The van der Waals surface area contributed by atoms with Crippen molar-refractivity contribution in [3.63, 3.8) is 0 Å². The summed E-state index contributed by atoms with van der Waals surface area (Å²) < 4.78 is 5.74. The molecule has 2 aromatic carbocycles. The molecule has 0 aliphatic heterocycles. The molecule has 1 aromatic heterocycles. The Balaban J connectivity index is 1.63. The summed E-state index contributed by atoms with van der Waals surface area (Å²) >= 11 is 6.18. The van der Waals surface area contributed by atoms with E-state index in [1.807, 2.05) is 36.1 Å². The van der Waals surface area contributed by atoms with E-state index in [-0.39, 0.29) is 12.5 Å². The third kappa shape index (κ3) is 5.64. The van der Waals surface area contributed by atoms with Crippen LogP contribution in [0.3, 0.4) is 0 Å². The van der Waals surface area contributed by atoms with Crippen molar-refractivity contribution in [1.82, 2.24) is 15.1 Å².